The van der Waals surface area contributed by atoms with Gasteiger partial charge in [0, 0.05) is 43.6 Å². The van der Waals surface area contributed by atoms with Gasteiger partial charge in [0.05, 0.1) is 0 Å². The molecular weight excluding hydrogens is 454 g/mol. The summed E-state index contributed by atoms with van der Waals surface area (Å²) in [5, 5.41) is 7.48. The van der Waals surface area contributed by atoms with Crippen LogP contribution in [0.1, 0.15) is 27.4 Å². The van der Waals surface area contributed by atoms with Crippen LogP contribution in [0, 0.1) is 13.8 Å². The number of aryl methyl sites for hydroxylation is 2. The van der Waals surface area contributed by atoms with E-state index >= 15 is 0 Å². The van der Waals surface area contributed by atoms with Crippen LogP contribution in [0.15, 0.2) is 82.0 Å². The number of furan rings is 1. The van der Waals surface area contributed by atoms with Gasteiger partial charge in [-0.15, -0.1) is 0 Å². The summed E-state index contributed by atoms with van der Waals surface area (Å²) >= 11 is 0. The molecule has 0 unspecified atom stereocenters. The topological polar surface area (TPSA) is 83.6 Å². The van der Waals surface area contributed by atoms with Crippen molar-refractivity contribution in [3.05, 3.63) is 106 Å². The highest BCUT2D eigenvalue weighted by atomic mass is 16.4. The van der Waals surface area contributed by atoms with E-state index in [1.54, 1.807) is 18.2 Å². The zero-order valence-corrected chi connectivity index (χ0v) is 20.5. The lowest BCUT2D eigenvalue weighted by atomic mass is 10.1. The minimum Gasteiger partial charge on any atom is -0.454 e. The molecule has 1 fully saturated rings. The van der Waals surface area contributed by atoms with Crippen LogP contribution >= 0.6 is 0 Å². The Balaban J connectivity index is 1.25. The monoisotopic (exact) mass is 483 g/mol. The quantitative estimate of drug-likeness (QED) is 0.445. The van der Waals surface area contributed by atoms with E-state index in [0.717, 1.165) is 48.8 Å². The van der Waals surface area contributed by atoms with E-state index < -0.39 is 0 Å². The smallest absolute Gasteiger partial charge is 0.291 e. The summed E-state index contributed by atoms with van der Waals surface area (Å²) in [6.07, 6.45) is 0. The molecule has 1 aliphatic rings. The number of carbonyl (C=O) groups excluding carboxylic acids is 1. The first-order valence-corrected chi connectivity index (χ1v) is 12.1. The van der Waals surface area contributed by atoms with Gasteiger partial charge in [-0.25, -0.2) is 4.68 Å². The largest absolute Gasteiger partial charge is 0.454 e. The summed E-state index contributed by atoms with van der Waals surface area (Å²) in [4.78, 5) is 29.7. The fraction of sp³-hybridized carbons (Fsp3) is 0.250. The van der Waals surface area contributed by atoms with Gasteiger partial charge in [0.15, 0.2) is 5.76 Å². The minimum absolute atomic E-state index is 0.146. The first-order valence-electron chi connectivity index (χ1n) is 12.1. The van der Waals surface area contributed by atoms with E-state index in [1.807, 2.05) is 50.2 Å². The van der Waals surface area contributed by atoms with Crippen molar-refractivity contribution >= 4 is 23.1 Å². The molecule has 36 heavy (non-hydrogen) atoms. The Labute approximate surface area is 209 Å². The number of nitrogens with one attached hydrogen (secondary N) is 1. The molecule has 0 spiro atoms. The molecule has 184 valence electrons. The lowest BCUT2D eigenvalue weighted by Gasteiger charge is -2.36. The fourth-order valence-electron chi connectivity index (χ4n) is 4.34. The number of piperazine rings is 1. The van der Waals surface area contributed by atoms with Gasteiger partial charge in [-0.2, -0.15) is 5.10 Å². The van der Waals surface area contributed by atoms with Crippen molar-refractivity contribution in [3.8, 4) is 0 Å². The van der Waals surface area contributed by atoms with Crippen LogP contribution in [0.3, 0.4) is 0 Å². The second-order valence-electron chi connectivity index (χ2n) is 9.04. The Morgan fingerprint density at radius 3 is 2.44 bits per heavy atom. The molecular formula is C28H29N5O3. The molecule has 0 aliphatic carbocycles. The van der Waals surface area contributed by atoms with Crippen molar-refractivity contribution in [3.63, 3.8) is 0 Å². The molecule has 5 rings (SSSR count). The number of anilines is 3. The maximum Gasteiger partial charge on any atom is 0.291 e. The zero-order valence-electron chi connectivity index (χ0n) is 20.5. The average molecular weight is 484 g/mol. The van der Waals surface area contributed by atoms with Crippen molar-refractivity contribution < 1.29 is 9.21 Å². The number of hydrogen-bond acceptors (Lipinski definition) is 6. The van der Waals surface area contributed by atoms with Gasteiger partial charge in [0.25, 0.3) is 11.5 Å². The molecule has 1 saturated heterocycles. The van der Waals surface area contributed by atoms with Gasteiger partial charge < -0.3 is 19.5 Å². The Bertz CT molecular complexity index is 1420. The maximum atomic E-state index is 12.7. The number of nitrogens with zero attached hydrogens (tertiary/aromatic N) is 4. The number of carbonyl (C=O) groups is 1. The zero-order chi connectivity index (χ0) is 25.1. The molecule has 0 radical (unpaired) electrons. The predicted molar refractivity (Wildman–Crippen MR) is 141 cm³/mol. The number of rotatable bonds is 6. The number of hydrogen-bond donors (Lipinski definition) is 1. The van der Waals surface area contributed by atoms with Crippen LogP contribution in [0.25, 0.3) is 0 Å². The number of aromatic nitrogens is 2. The third-order valence-electron chi connectivity index (χ3n) is 6.41. The second-order valence-corrected chi connectivity index (χ2v) is 9.04. The van der Waals surface area contributed by atoms with Crippen molar-refractivity contribution in [2.75, 3.05) is 41.3 Å². The third-order valence-corrected chi connectivity index (χ3v) is 6.41. The van der Waals surface area contributed by atoms with Crippen molar-refractivity contribution in [2.24, 2.45) is 0 Å². The van der Waals surface area contributed by atoms with Gasteiger partial charge in [0.2, 0.25) is 0 Å². The SMILES string of the molecule is Cc1ccc(C)c(NC(=O)c2ccc(Cn3nc(N4CCN(c5ccccc5)CC4)ccc3=O)o2)c1. The van der Waals surface area contributed by atoms with Gasteiger partial charge in [0.1, 0.15) is 18.1 Å². The summed E-state index contributed by atoms with van der Waals surface area (Å²) in [5.41, 5.74) is 3.77. The van der Waals surface area contributed by atoms with Crippen LogP contribution in [0.5, 0.6) is 0 Å². The highest BCUT2D eigenvalue weighted by molar-refractivity contribution is 6.02. The highest BCUT2D eigenvalue weighted by Crippen LogP contribution is 2.20. The second kappa shape index (κ2) is 10.1. The van der Waals surface area contributed by atoms with E-state index in [1.165, 1.54) is 16.4 Å². The summed E-state index contributed by atoms with van der Waals surface area (Å²) < 4.78 is 7.14. The van der Waals surface area contributed by atoms with Gasteiger partial charge >= 0.3 is 0 Å². The Morgan fingerprint density at radius 2 is 1.67 bits per heavy atom. The summed E-state index contributed by atoms with van der Waals surface area (Å²) in [6, 6.07) is 22.9. The molecule has 1 N–H and O–H groups in total. The Hall–Kier alpha value is -4.33. The van der Waals surface area contributed by atoms with Crippen molar-refractivity contribution in [2.45, 2.75) is 20.4 Å². The molecule has 8 heteroatoms. The van der Waals surface area contributed by atoms with Crippen molar-refractivity contribution in [1.29, 1.82) is 0 Å². The van der Waals surface area contributed by atoms with Crippen LogP contribution in [-0.2, 0) is 6.54 Å². The van der Waals surface area contributed by atoms with Gasteiger partial charge in [-0.05, 0) is 61.4 Å². The summed E-state index contributed by atoms with van der Waals surface area (Å²) in [7, 11) is 0. The summed E-state index contributed by atoms with van der Waals surface area (Å²) in [6.45, 7) is 7.43. The lowest BCUT2D eigenvalue weighted by molar-refractivity contribution is 0.0994. The van der Waals surface area contributed by atoms with E-state index in [4.69, 9.17) is 4.42 Å². The Kier molecular flexibility index (Phi) is 6.58. The van der Waals surface area contributed by atoms with Crippen molar-refractivity contribution in [1.82, 2.24) is 9.78 Å². The van der Waals surface area contributed by atoms with Crippen LogP contribution < -0.4 is 20.7 Å². The van der Waals surface area contributed by atoms with E-state index in [-0.39, 0.29) is 23.8 Å². The first kappa shape index (κ1) is 23.4. The molecule has 4 aromatic rings. The Morgan fingerprint density at radius 1 is 0.917 bits per heavy atom. The maximum absolute atomic E-state index is 12.7. The number of amides is 1. The molecule has 1 amide bonds. The van der Waals surface area contributed by atoms with Gasteiger partial charge in [-0.3, -0.25) is 9.59 Å². The van der Waals surface area contributed by atoms with E-state index in [9.17, 15) is 9.59 Å². The third kappa shape index (κ3) is 5.17. The standard InChI is InChI=1S/C28H29N5O3/c1-20-8-9-21(2)24(18-20)29-28(35)25-11-10-23(36-25)19-33-27(34)13-12-26(30-33)32-16-14-31(15-17-32)22-6-4-3-5-7-22/h3-13,18H,14-17,19H2,1-2H3,(H,29,35). The first-order chi connectivity index (χ1) is 17.5. The number of para-hydroxylation sites is 1. The lowest BCUT2D eigenvalue weighted by Crippen LogP contribution is -2.47. The van der Waals surface area contributed by atoms with Crippen LogP contribution in [-0.4, -0.2) is 41.9 Å². The predicted octanol–water partition coefficient (Wildman–Crippen LogP) is 4.08. The molecule has 3 heterocycles. The number of benzene rings is 2. The van der Waals surface area contributed by atoms with Crippen LogP contribution in [0.2, 0.25) is 0 Å². The molecule has 2 aromatic carbocycles. The van der Waals surface area contributed by atoms with E-state index in [0.29, 0.717) is 5.76 Å². The molecule has 0 atom stereocenters. The fourth-order valence-corrected chi connectivity index (χ4v) is 4.34. The highest BCUT2D eigenvalue weighted by Gasteiger charge is 2.19. The summed E-state index contributed by atoms with van der Waals surface area (Å²) in [5.74, 6) is 1.09. The minimum atomic E-state index is -0.333. The average Bonchev–Trinajstić information content (AvgIpc) is 3.37. The van der Waals surface area contributed by atoms with Crippen LogP contribution in [0.4, 0.5) is 17.2 Å². The molecule has 1 aliphatic heterocycles. The molecule has 0 bridgehead atoms. The molecule has 0 saturated carbocycles. The molecule has 8 nitrogen and oxygen atoms in total. The normalized spacial score (nSPS) is 13.6. The van der Waals surface area contributed by atoms with E-state index in [2.05, 4.69) is 32.3 Å². The van der Waals surface area contributed by atoms with Gasteiger partial charge in [-0.1, -0.05) is 30.3 Å². The molecule has 2 aromatic heterocycles.